The van der Waals surface area contributed by atoms with E-state index >= 15 is 0 Å². The summed E-state index contributed by atoms with van der Waals surface area (Å²) in [5.41, 5.74) is 2.62. The number of fused-ring (bicyclic) bond motifs is 1. The number of pyridine rings is 1. The van der Waals surface area contributed by atoms with Crippen LogP contribution in [0.4, 0.5) is 8.78 Å². The molecule has 1 atom stereocenters. The first-order valence-electron chi connectivity index (χ1n) is 11.0. The largest absolute Gasteiger partial charge is 0.420 e. The Morgan fingerprint density at radius 2 is 1.91 bits per heavy atom. The molecular weight excluding hydrogens is 410 g/mol. The molecule has 1 saturated carbocycles. The van der Waals surface area contributed by atoms with Gasteiger partial charge in [0, 0.05) is 29.6 Å². The van der Waals surface area contributed by atoms with Gasteiger partial charge in [-0.1, -0.05) is 12.1 Å². The van der Waals surface area contributed by atoms with Gasteiger partial charge >= 0.3 is 0 Å². The van der Waals surface area contributed by atoms with Gasteiger partial charge in [0.05, 0.1) is 5.52 Å². The van der Waals surface area contributed by atoms with E-state index in [1.165, 1.54) is 18.2 Å². The zero-order valence-corrected chi connectivity index (χ0v) is 17.5. The minimum Gasteiger partial charge on any atom is -0.420 e. The summed E-state index contributed by atoms with van der Waals surface area (Å²) in [5, 5.41) is 8.98. The number of halogens is 2. The molecule has 32 heavy (non-hydrogen) atoms. The van der Waals surface area contributed by atoms with Crippen LogP contribution in [0.3, 0.4) is 0 Å². The zero-order valence-electron chi connectivity index (χ0n) is 17.5. The first-order chi connectivity index (χ1) is 15.6. The lowest BCUT2D eigenvalue weighted by molar-refractivity contribution is 0.160. The topological polar surface area (TPSA) is 55.1 Å². The van der Waals surface area contributed by atoms with Gasteiger partial charge in [-0.25, -0.2) is 8.78 Å². The van der Waals surface area contributed by atoms with Crippen molar-refractivity contribution in [2.75, 3.05) is 13.1 Å². The highest BCUT2D eigenvalue weighted by atomic mass is 19.1. The molecule has 3 heterocycles. The fraction of sp³-hybridized carbons (Fsp3) is 0.320. The van der Waals surface area contributed by atoms with E-state index in [1.54, 1.807) is 30.5 Å². The summed E-state index contributed by atoms with van der Waals surface area (Å²) < 4.78 is 33.5. The molecule has 0 N–H and O–H groups in total. The summed E-state index contributed by atoms with van der Waals surface area (Å²) in [6, 6.07) is 13.2. The molecule has 0 bridgehead atoms. The van der Waals surface area contributed by atoms with Gasteiger partial charge in [-0.2, -0.15) is 0 Å². The average molecular weight is 432 g/mol. The van der Waals surface area contributed by atoms with Gasteiger partial charge < -0.3 is 4.42 Å². The van der Waals surface area contributed by atoms with E-state index in [9.17, 15) is 8.78 Å². The molecule has 1 aliphatic carbocycles. The van der Waals surface area contributed by atoms with Crippen molar-refractivity contribution in [3.8, 4) is 11.5 Å². The highest BCUT2D eigenvalue weighted by Crippen LogP contribution is 2.64. The second-order valence-electron chi connectivity index (χ2n) is 8.96. The molecule has 7 heteroatoms. The number of likely N-dealkylation sites (tertiary alicyclic amines) is 1. The molecule has 2 aromatic heterocycles. The minimum absolute atomic E-state index is 0.214. The number of aromatic nitrogens is 3. The summed E-state index contributed by atoms with van der Waals surface area (Å²) in [6.45, 7) is 2.69. The van der Waals surface area contributed by atoms with Gasteiger partial charge in [-0.3, -0.25) is 9.88 Å². The van der Waals surface area contributed by atoms with Crippen molar-refractivity contribution in [3.05, 3.63) is 77.8 Å². The van der Waals surface area contributed by atoms with Crippen molar-refractivity contribution in [1.82, 2.24) is 20.1 Å². The van der Waals surface area contributed by atoms with E-state index in [4.69, 9.17) is 4.42 Å². The van der Waals surface area contributed by atoms with Crippen LogP contribution >= 0.6 is 0 Å². The molecule has 1 aliphatic heterocycles. The van der Waals surface area contributed by atoms with E-state index in [1.807, 2.05) is 6.07 Å². The maximum absolute atomic E-state index is 14.1. The Morgan fingerprint density at radius 3 is 2.75 bits per heavy atom. The zero-order chi connectivity index (χ0) is 21.7. The molecule has 2 fully saturated rings. The van der Waals surface area contributed by atoms with Crippen LogP contribution in [0.1, 0.15) is 36.6 Å². The average Bonchev–Trinajstić information content (AvgIpc) is 3.28. The lowest BCUT2D eigenvalue weighted by Gasteiger charge is -2.32. The fourth-order valence-electron chi connectivity index (χ4n) is 5.08. The lowest BCUT2D eigenvalue weighted by atomic mass is 9.90. The van der Waals surface area contributed by atoms with Gasteiger partial charge in [0.25, 0.3) is 0 Å². The number of hydrogen-bond acceptors (Lipinski definition) is 5. The Balaban J connectivity index is 1.13. The Kier molecular flexibility index (Phi) is 4.54. The van der Waals surface area contributed by atoms with Crippen LogP contribution < -0.4 is 0 Å². The quantitative estimate of drug-likeness (QED) is 0.436. The molecule has 0 amide bonds. The Labute approximate surface area is 184 Å². The highest BCUT2D eigenvalue weighted by molar-refractivity contribution is 5.82. The molecule has 6 rings (SSSR count). The predicted octanol–water partition coefficient (Wildman–Crippen LogP) is 5.33. The third-order valence-electron chi connectivity index (χ3n) is 7.05. The molecule has 4 aromatic rings. The normalized spacial score (nSPS) is 20.1. The number of rotatable bonds is 4. The van der Waals surface area contributed by atoms with Gasteiger partial charge in [-0.05, 0) is 79.7 Å². The third-order valence-corrected chi connectivity index (χ3v) is 7.05. The van der Waals surface area contributed by atoms with Crippen molar-refractivity contribution in [3.63, 3.8) is 0 Å². The van der Waals surface area contributed by atoms with E-state index in [2.05, 4.69) is 20.1 Å². The molecule has 0 unspecified atom stereocenters. The summed E-state index contributed by atoms with van der Waals surface area (Å²) in [7, 11) is 0. The van der Waals surface area contributed by atoms with E-state index in [0.717, 1.165) is 50.0 Å². The second-order valence-corrected chi connectivity index (χ2v) is 8.96. The van der Waals surface area contributed by atoms with E-state index in [-0.39, 0.29) is 23.0 Å². The molecule has 1 spiro atoms. The van der Waals surface area contributed by atoms with Gasteiger partial charge in [0.1, 0.15) is 11.6 Å². The molecule has 0 radical (unpaired) electrons. The fourth-order valence-corrected chi connectivity index (χ4v) is 5.08. The van der Waals surface area contributed by atoms with Crippen LogP contribution in [-0.2, 0) is 6.54 Å². The molecule has 1 saturated heterocycles. The van der Waals surface area contributed by atoms with Crippen LogP contribution in [0.25, 0.3) is 22.4 Å². The first kappa shape index (κ1) is 19.5. The summed E-state index contributed by atoms with van der Waals surface area (Å²) in [4.78, 5) is 6.83. The lowest BCUT2D eigenvalue weighted by Crippen LogP contribution is -2.34. The van der Waals surface area contributed by atoms with Crippen LogP contribution in [0, 0.1) is 17.0 Å². The number of benzene rings is 2. The van der Waals surface area contributed by atoms with Crippen LogP contribution in [-0.4, -0.2) is 33.2 Å². The van der Waals surface area contributed by atoms with Gasteiger partial charge in [-0.15, -0.1) is 10.2 Å². The third kappa shape index (κ3) is 3.37. The highest BCUT2D eigenvalue weighted by Gasteiger charge is 2.58. The molecule has 2 aromatic carbocycles. The van der Waals surface area contributed by atoms with E-state index in [0.29, 0.717) is 22.7 Å². The van der Waals surface area contributed by atoms with Crippen molar-refractivity contribution in [1.29, 1.82) is 0 Å². The van der Waals surface area contributed by atoms with Crippen LogP contribution in [0.15, 0.2) is 59.1 Å². The maximum Gasteiger partial charge on any atom is 0.247 e. The second kappa shape index (κ2) is 7.45. The maximum atomic E-state index is 14.1. The Bertz CT molecular complexity index is 1300. The monoisotopic (exact) mass is 432 g/mol. The number of hydrogen-bond donors (Lipinski definition) is 0. The van der Waals surface area contributed by atoms with E-state index < -0.39 is 0 Å². The van der Waals surface area contributed by atoms with Crippen LogP contribution in [0.2, 0.25) is 0 Å². The van der Waals surface area contributed by atoms with Crippen molar-refractivity contribution >= 4 is 10.9 Å². The Hall–Kier alpha value is -3.19. The van der Waals surface area contributed by atoms with Gasteiger partial charge in [0.15, 0.2) is 0 Å². The van der Waals surface area contributed by atoms with Crippen molar-refractivity contribution < 1.29 is 13.2 Å². The predicted molar refractivity (Wildman–Crippen MR) is 116 cm³/mol. The Morgan fingerprint density at radius 1 is 1.03 bits per heavy atom. The summed E-state index contributed by atoms with van der Waals surface area (Å²) in [5.74, 6) is 0.753. The molecule has 2 aliphatic rings. The van der Waals surface area contributed by atoms with Gasteiger partial charge in [0.2, 0.25) is 11.8 Å². The van der Waals surface area contributed by atoms with Crippen molar-refractivity contribution in [2.24, 2.45) is 5.41 Å². The molecular formula is C25H22F2N4O. The smallest absolute Gasteiger partial charge is 0.247 e. The van der Waals surface area contributed by atoms with Crippen molar-refractivity contribution in [2.45, 2.75) is 31.7 Å². The summed E-state index contributed by atoms with van der Waals surface area (Å²) >= 11 is 0. The van der Waals surface area contributed by atoms with Crippen LogP contribution in [0.5, 0.6) is 0 Å². The minimum atomic E-state index is -0.318. The summed E-state index contributed by atoms with van der Waals surface area (Å²) in [6.07, 6.45) is 4.88. The number of piperidine rings is 1. The SMILES string of the molecule is Fc1cccc(-c2nnc([C@H]3CC34CCN(Cc3ccc(F)c5cccnc35)CC4)o2)c1. The molecule has 162 valence electrons. The molecule has 5 nitrogen and oxygen atoms in total. The number of nitrogens with zero attached hydrogens (tertiary/aromatic N) is 4. The first-order valence-corrected chi connectivity index (χ1v) is 11.0. The standard InChI is InChI=1S/C25H22F2N4O/c26-18-4-1-3-16(13-18)23-29-30-24(32-23)20-14-25(20)8-11-31(12-9-25)15-17-6-7-21(27)19-5-2-10-28-22(17)19/h1-7,10,13,20H,8-9,11-12,14-15H2/t20-/m1/s1.